The SMILES string of the molecule is COC(=O)[C@H]1CC(=O)N(c2cccc(Cl)c2)C1. The number of methoxy groups -OCH3 is 1. The molecule has 1 heterocycles. The van der Waals surface area contributed by atoms with Crippen LogP contribution in [0.25, 0.3) is 0 Å². The quantitative estimate of drug-likeness (QED) is 0.756. The largest absolute Gasteiger partial charge is 0.469 e. The third-order valence-corrected chi connectivity index (χ3v) is 3.01. The maximum Gasteiger partial charge on any atom is 0.311 e. The highest BCUT2D eigenvalue weighted by Gasteiger charge is 2.35. The Labute approximate surface area is 104 Å². The van der Waals surface area contributed by atoms with Crippen molar-refractivity contribution in [2.24, 2.45) is 5.92 Å². The molecule has 0 spiro atoms. The standard InChI is InChI=1S/C12H12ClNO3/c1-17-12(16)8-5-11(15)14(7-8)10-4-2-3-9(13)6-10/h2-4,6,8H,5,7H2,1H3/t8-/m0/s1. The minimum atomic E-state index is -0.383. The molecule has 17 heavy (non-hydrogen) atoms. The first-order chi connectivity index (χ1) is 8.11. The van der Waals surface area contributed by atoms with Crippen LogP contribution in [0, 0.1) is 5.92 Å². The van der Waals surface area contributed by atoms with Crippen molar-refractivity contribution in [2.75, 3.05) is 18.6 Å². The lowest BCUT2D eigenvalue weighted by atomic mass is 10.1. The molecule has 1 atom stereocenters. The van der Waals surface area contributed by atoms with Crippen molar-refractivity contribution in [1.29, 1.82) is 0 Å². The van der Waals surface area contributed by atoms with Gasteiger partial charge >= 0.3 is 5.97 Å². The predicted octanol–water partition coefficient (Wildman–Crippen LogP) is 1.87. The van der Waals surface area contributed by atoms with E-state index < -0.39 is 0 Å². The molecule has 1 amide bonds. The van der Waals surface area contributed by atoms with Crippen molar-refractivity contribution in [3.63, 3.8) is 0 Å². The summed E-state index contributed by atoms with van der Waals surface area (Å²) in [5.41, 5.74) is 0.717. The van der Waals surface area contributed by atoms with Crippen LogP contribution in [0.4, 0.5) is 5.69 Å². The third kappa shape index (κ3) is 2.42. The van der Waals surface area contributed by atoms with E-state index in [-0.39, 0.29) is 24.2 Å². The average molecular weight is 254 g/mol. The van der Waals surface area contributed by atoms with Gasteiger partial charge in [-0.25, -0.2) is 0 Å². The van der Waals surface area contributed by atoms with Crippen molar-refractivity contribution in [1.82, 2.24) is 0 Å². The van der Waals surface area contributed by atoms with E-state index in [9.17, 15) is 9.59 Å². The maximum atomic E-state index is 11.8. The fourth-order valence-corrected chi connectivity index (χ4v) is 2.11. The molecule has 2 rings (SSSR count). The van der Waals surface area contributed by atoms with Gasteiger partial charge in [0.1, 0.15) is 0 Å². The molecule has 1 aliphatic rings. The number of hydrogen-bond donors (Lipinski definition) is 0. The Morgan fingerprint density at radius 3 is 2.94 bits per heavy atom. The highest BCUT2D eigenvalue weighted by Crippen LogP contribution is 2.27. The molecule has 1 aromatic carbocycles. The van der Waals surface area contributed by atoms with E-state index in [1.165, 1.54) is 7.11 Å². The van der Waals surface area contributed by atoms with Crippen LogP contribution < -0.4 is 4.90 Å². The van der Waals surface area contributed by atoms with Gasteiger partial charge in [-0.05, 0) is 18.2 Å². The molecule has 0 saturated carbocycles. The Morgan fingerprint density at radius 2 is 2.29 bits per heavy atom. The van der Waals surface area contributed by atoms with Crippen LogP contribution in [-0.2, 0) is 14.3 Å². The van der Waals surface area contributed by atoms with E-state index in [1.807, 2.05) is 0 Å². The third-order valence-electron chi connectivity index (χ3n) is 2.78. The molecular formula is C12H12ClNO3. The van der Waals surface area contributed by atoms with Gasteiger partial charge in [0.2, 0.25) is 5.91 Å². The molecular weight excluding hydrogens is 242 g/mol. The van der Waals surface area contributed by atoms with Crippen LogP contribution in [0.2, 0.25) is 5.02 Å². The van der Waals surface area contributed by atoms with Crippen molar-refractivity contribution in [3.05, 3.63) is 29.3 Å². The fourth-order valence-electron chi connectivity index (χ4n) is 1.93. The lowest BCUT2D eigenvalue weighted by Crippen LogP contribution is -2.26. The second-order valence-electron chi connectivity index (χ2n) is 3.91. The molecule has 0 aliphatic carbocycles. The molecule has 1 fully saturated rings. The Hall–Kier alpha value is -1.55. The molecule has 1 saturated heterocycles. The summed E-state index contributed by atoms with van der Waals surface area (Å²) < 4.78 is 4.65. The van der Waals surface area contributed by atoms with E-state index in [2.05, 4.69) is 4.74 Å². The topological polar surface area (TPSA) is 46.6 Å². The smallest absolute Gasteiger partial charge is 0.311 e. The average Bonchev–Trinajstić information content (AvgIpc) is 2.70. The van der Waals surface area contributed by atoms with E-state index in [0.29, 0.717) is 17.3 Å². The summed E-state index contributed by atoms with van der Waals surface area (Å²) in [5, 5.41) is 0.566. The number of rotatable bonds is 2. The van der Waals surface area contributed by atoms with Gasteiger partial charge < -0.3 is 9.64 Å². The second-order valence-corrected chi connectivity index (χ2v) is 4.34. The second kappa shape index (κ2) is 4.75. The first-order valence-electron chi connectivity index (χ1n) is 5.25. The lowest BCUT2D eigenvalue weighted by molar-refractivity contribution is -0.145. The molecule has 0 unspecified atom stereocenters. The molecule has 90 valence electrons. The number of ether oxygens (including phenoxy) is 1. The summed E-state index contributed by atoms with van der Waals surface area (Å²) >= 11 is 5.87. The first-order valence-corrected chi connectivity index (χ1v) is 5.63. The number of anilines is 1. The zero-order valence-electron chi connectivity index (χ0n) is 9.35. The Kier molecular flexibility index (Phi) is 3.33. The van der Waals surface area contributed by atoms with E-state index in [4.69, 9.17) is 11.6 Å². The number of esters is 1. The predicted molar refractivity (Wildman–Crippen MR) is 63.9 cm³/mol. The van der Waals surface area contributed by atoms with Crippen molar-refractivity contribution in [3.8, 4) is 0 Å². The van der Waals surface area contributed by atoms with Gasteiger partial charge in [0.15, 0.2) is 0 Å². The fraction of sp³-hybridized carbons (Fsp3) is 0.333. The molecule has 1 aromatic rings. The summed E-state index contributed by atoms with van der Waals surface area (Å²) in [6, 6.07) is 7.02. The monoisotopic (exact) mass is 253 g/mol. The number of carbonyl (C=O) groups excluding carboxylic acids is 2. The first kappa shape index (κ1) is 11.9. The summed E-state index contributed by atoms with van der Waals surface area (Å²) in [5.74, 6) is -0.808. The molecule has 0 bridgehead atoms. The minimum absolute atomic E-state index is 0.0809. The van der Waals surface area contributed by atoms with Gasteiger partial charge in [0.05, 0.1) is 13.0 Å². The van der Waals surface area contributed by atoms with Gasteiger partial charge in [0, 0.05) is 23.7 Å². The molecule has 4 nitrogen and oxygen atoms in total. The van der Waals surface area contributed by atoms with Crippen LogP contribution >= 0.6 is 11.6 Å². The van der Waals surface area contributed by atoms with Crippen LogP contribution in [0.3, 0.4) is 0 Å². The molecule has 0 radical (unpaired) electrons. The van der Waals surface area contributed by atoms with Crippen LogP contribution in [0.15, 0.2) is 24.3 Å². The summed E-state index contributed by atoms with van der Waals surface area (Å²) in [4.78, 5) is 24.7. The summed E-state index contributed by atoms with van der Waals surface area (Å²) in [7, 11) is 1.33. The van der Waals surface area contributed by atoms with Crippen molar-refractivity contribution >= 4 is 29.2 Å². The Bertz CT molecular complexity index is 461. The summed E-state index contributed by atoms with van der Waals surface area (Å²) in [6.45, 7) is 0.353. The number of benzene rings is 1. The number of hydrogen-bond acceptors (Lipinski definition) is 3. The minimum Gasteiger partial charge on any atom is -0.469 e. The maximum absolute atomic E-state index is 11.8. The van der Waals surface area contributed by atoms with Gasteiger partial charge in [-0.2, -0.15) is 0 Å². The Balaban J connectivity index is 2.18. The number of carbonyl (C=O) groups is 2. The van der Waals surface area contributed by atoms with Gasteiger partial charge in [-0.15, -0.1) is 0 Å². The van der Waals surface area contributed by atoms with E-state index in [1.54, 1.807) is 29.2 Å². The van der Waals surface area contributed by atoms with Crippen LogP contribution in [0.5, 0.6) is 0 Å². The molecule has 1 aliphatic heterocycles. The zero-order chi connectivity index (χ0) is 12.4. The number of amides is 1. The van der Waals surface area contributed by atoms with Crippen molar-refractivity contribution < 1.29 is 14.3 Å². The number of halogens is 1. The van der Waals surface area contributed by atoms with Gasteiger partial charge in [0.25, 0.3) is 0 Å². The van der Waals surface area contributed by atoms with Crippen LogP contribution in [0.1, 0.15) is 6.42 Å². The zero-order valence-corrected chi connectivity index (χ0v) is 10.1. The van der Waals surface area contributed by atoms with Gasteiger partial charge in [-0.1, -0.05) is 17.7 Å². The highest BCUT2D eigenvalue weighted by atomic mass is 35.5. The van der Waals surface area contributed by atoms with E-state index >= 15 is 0 Å². The molecule has 5 heteroatoms. The normalized spacial score (nSPS) is 19.5. The van der Waals surface area contributed by atoms with Crippen LogP contribution in [-0.4, -0.2) is 25.5 Å². The highest BCUT2D eigenvalue weighted by molar-refractivity contribution is 6.30. The van der Waals surface area contributed by atoms with E-state index in [0.717, 1.165) is 0 Å². The number of nitrogens with zero attached hydrogens (tertiary/aromatic N) is 1. The van der Waals surface area contributed by atoms with Gasteiger partial charge in [-0.3, -0.25) is 9.59 Å². The molecule has 0 N–H and O–H groups in total. The Morgan fingerprint density at radius 1 is 1.53 bits per heavy atom. The molecule has 0 aromatic heterocycles. The van der Waals surface area contributed by atoms with Crippen molar-refractivity contribution in [2.45, 2.75) is 6.42 Å². The summed E-state index contributed by atoms with van der Waals surface area (Å²) in [6.07, 6.45) is 0.194. The lowest BCUT2D eigenvalue weighted by Gasteiger charge is -2.16.